The Hall–Kier alpha value is -1.22. The number of unbranched alkanes of at least 4 members (excludes halogenated alkanes) is 2. The van der Waals surface area contributed by atoms with Gasteiger partial charge in [0.05, 0.1) is 11.2 Å². The van der Waals surface area contributed by atoms with Gasteiger partial charge < -0.3 is 10.2 Å². The number of aliphatic carboxylic acids is 2. The summed E-state index contributed by atoms with van der Waals surface area (Å²) in [6.07, 6.45) is 5.26. The SMILES string of the molecule is CCCCC(CC)(OOC(C)(C)C)C(=O)O.CCCCC(CC)(OOC(C)(C)C)C(=O)O. The predicted molar refractivity (Wildman–Crippen MR) is 124 cm³/mol. The lowest BCUT2D eigenvalue weighted by Crippen LogP contribution is -2.43. The van der Waals surface area contributed by atoms with E-state index >= 15 is 0 Å². The van der Waals surface area contributed by atoms with Crippen LogP contribution in [0.15, 0.2) is 0 Å². The first-order valence-electron chi connectivity index (χ1n) is 11.7. The molecule has 0 saturated heterocycles. The lowest BCUT2D eigenvalue weighted by molar-refractivity contribution is -0.398. The minimum atomic E-state index is -1.21. The molecule has 2 unspecified atom stereocenters. The molecular weight excluding hydrogens is 416 g/mol. The van der Waals surface area contributed by atoms with Crippen molar-refractivity contribution in [2.75, 3.05) is 0 Å². The molecule has 0 spiro atoms. The Morgan fingerprint density at radius 1 is 0.594 bits per heavy atom. The molecule has 0 bridgehead atoms. The number of carboxylic acids is 2. The van der Waals surface area contributed by atoms with Crippen molar-refractivity contribution in [3.63, 3.8) is 0 Å². The Morgan fingerprint density at radius 3 is 1.03 bits per heavy atom. The van der Waals surface area contributed by atoms with Crippen LogP contribution in [0.3, 0.4) is 0 Å². The molecule has 0 rings (SSSR count). The molecule has 0 aromatic carbocycles. The summed E-state index contributed by atoms with van der Waals surface area (Å²) in [4.78, 5) is 43.3. The highest BCUT2D eigenvalue weighted by molar-refractivity contribution is 5.77. The second-order valence-corrected chi connectivity index (χ2v) is 10.1. The summed E-state index contributed by atoms with van der Waals surface area (Å²) in [6.45, 7) is 18.6. The average molecular weight is 465 g/mol. The molecule has 0 fully saturated rings. The molecule has 2 N–H and O–H groups in total. The highest BCUT2D eigenvalue weighted by atomic mass is 17.2. The third kappa shape index (κ3) is 13.4. The van der Waals surface area contributed by atoms with E-state index < -0.39 is 34.3 Å². The molecule has 0 aliphatic carbocycles. The molecule has 0 aliphatic rings. The number of rotatable bonds is 14. The van der Waals surface area contributed by atoms with Gasteiger partial charge in [0.25, 0.3) is 0 Å². The van der Waals surface area contributed by atoms with Crippen molar-refractivity contribution in [2.24, 2.45) is 0 Å². The number of carbonyl (C=O) groups is 2. The first-order valence-corrected chi connectivity index (χ1v) is 11.7. The molecule has 192 valence electrons. The zero-order chi connectivity index (χ0) is 25.6. The summed E-state index contributed by atoms with van der Waals surface area (Å²) >= 11 is 0. The molecular formula is C24H48O8. The minimum Gasteiger partial charge on any atom is -0.479 e. The predicted octanol–water partition coefficient (Wildman–Crippen LogP) is 6.31. The van der Waals surface area contributed by atoms with Crippen molar-refractivity contribution in [2.45, 2.75) is 143 Å². The van der Waals surface area contributed by atoms with Gasteiger partial charge in [0.2, 0.25) is 0 Å². The van der Waals surface area contributed by atoms with Gasteiger partial charge in [-0.2, -0.15) is 0 Å². The van der Waals surface area contributed by atoms with Crippen molar-refractivity contribution in [1.82, 2.24) is 0 Å². The molecule has 8 heteroatoms. The first-order chi connectivity index (χ1) is 14.5. The number of hydrogen-bond acceptors (Lipinski definition) is 6. The topological polar surface area (TPSA) is 112 Å². The van der Waals surface area contributed by atoms with Crippen LogP contribution >= 0.6 is 0 Å². The summed E-state index contributed by atoms with van der Waals surface area (Å²) in [6, 6.07) is 0. The van der Waals surface area contributed by atoms with E-state index in [4.69, 9.17) is 19.6 Å². The highest BCUT2D eigenvalue weighted by Gasteiger charge is 2.41. The molecule has 0 aliphatic heterocycles. The van der Waals surface area contributed by atoms with Crippen LogP contribution in [-0.2, 0) is 29.1 Å². The molecule has 2 atom stereocenters. The Labute approximate surface area is 194 Å². The fourth-order valence-corrected chi connectivity index (χ4v) is 2.48. The maximum Gasteiger partial charge on any atom is 0.339 e. The number of carboxylic acid groups (broad SMARTS) is 2. The zero-order valence-electron chi connectivity index (χ0n) is 22.0. The van der Waals surface area contributed by atoms with Crippen LogP contribution in [-0.4, -0.2) is 44.6 Å². The quantitative estimate of drug-likeness (QED) is 0.227. The summed E-state index contributed by atoms with van der Waals surface area (Å²) in [5.41, 5.74) is -3.41. The van der Waals surface area contributed by atoms with E-state index in [2.05, 4.69) is 0 Å². The van der Waals surface area contributed by atoms with Crippen LogP contribution < -0.4 is 0 Å². The van der Waals surface area contributed by atoms with Crippen LogP contribution in [0.2, 0.25) is 0 Å². The van der Waals surface area contributed by atoms with Gasteiger partial charge in [-0.05, 0) is 67.2 Å². The Kier molecular flexibility index (Phi) is 15.3. The highest BCUT2D eigenvalue weighted by Crippen LogP contribution is 2.27. The van der Waals surface area contributed by atoms with E-state index in [1.807, 2.05) is 55.4 Å². The van der Waals surface area contributed by atoms with Crippen molar-refractivity contribution in [3.05, 3.63) is 0 Å². The lowest BCUT2D eigenvalue weighted by atomic mass is 9.94. The largest absolute Gasteiger partial charge is 0.479 e. The maximum absolute atomic E-state index is 11.3. The van der Waals surface area contributed by atoms with Crippen LogP contribution in [0, 0.1) is 0 Å². The molecule has 0 heterocycles. The molecule has 0 radical (unpaired) electrons. The summed E-state index contributed by atoms with van der Waals surface area (Å²) in [5.74, 6) is -1.90. The molecule has 0 aromatic heterocycles. The van der Waals surface area contributed by atoms with Crippen LogP contribution in [0.1, 0.15) is 121 Å². The van der Waals surface area contributed by atoms with Gasteiger partial charge in [0.1, 0.15) is 0 Å². The summed E-state index contributed by atoms with van der Waals surface area (Å²) in [7, 11) is 0. The van der Waals surface area contributed by atoms with Crippen molar-refractivity contribution >= 4 is 11.9 Å². The minimum absolute atomic E-state index is 0.401. The molecule has 0 aromatic rings. The second kappa shape index (κ2) is 14.8. The summed E-state index contributed by atoms with van der Waals surface area (Å²) in [5, 5.41) is 18.5. The van der Waals surface area contributed by atoms with Gasteiger partial charge in [-0.1, -0.05) is 53.4 Å². The average Bonchev–Trinajstić information content (AvgIpc) is 2.67. The van der Waals surface area contributed by atoms with Gasteiger partial charge in [0, 0.05) is 0 Å². The maximum atomic E-state index is 11.3. The van der Waals surface area contributed by atoms with E-state index in [-0.39, 0.29) is 0 Å². The van der Waals surface area contributed by atoms with E-state index in [0.717, 1.165) is 25.7 Å². The monoisotopic (exact) mass is 464 g/mol. The molecule has 32 heavy (non-hydrogen) atoms. The zero-order valence-corrected chi connectivity index (χ0v) is 22.0. The van der Waals surface area contributed by atoms with Gasteiger partial charge in [-0.3, -0.25) is 0 Å². The van der Waals surface area contributed by atoms with Crippen LogP contribution in [0.4, 0.5) is 0 Å². The number of hydrogen-bond donors (Lipinski definition) is 2. The smallest absolute Gasteiger partial charge is 0.339 e. The molecule has 8 nitrogen and oxygen atoms in total. The third-order valence-electron chi connectivity index (χ3n) is 4.69. The van der Waals surface area contributed by atoms with E-state index in [0.29, 0.717) is 25.7 Å². The standard InChI is InChI=1S/2C12H24O4/c2*1-6-8-9-12(7-2,10(13)14)16-15-11(3,4)5/h2*6-9H2,1-5H3,(H,13,14). The third-order valence-corrected chi connectivity index (χ3v) is 4.69. The van der Waals surface area contributed by atoms with Crippen LogP contribution in [0.25, 0.3) is 0 Å². The summed E-state index contributed by atoms with van der Waals surface area (Å²) < 4.78 is 0. The van der Waals surface area contributed by atoms with Gasteiger partial charge >= 0.3 is 11.9 Å². The van der Waals surface area contributed by atoms with Crippen molar-refractivity contribution in [3.8, 4) is 0 Å². The lowest BCUT2D eigenvalue weighted by Gasteiger charge is -2.30. The van der Waals surface area contributed by atoms with Gasteiger partial charge in [0.15, 0.2) is 11.2 Å². The molecule has 0 saturated carbocycles. The van der Waals surface area contributed by atoms with Gasteiger partial charge in [-0.15, -0.1) is 0 Å². The Morgan fingerprint density at radius 2 is 0.875 bits per heavy atom. The van der Waals surface area contributed by atoms with Crippen molar-refractivity contribution < 1.29 is 39.4 Å². The molecule has 0 amide bonds. The van der Waals surface area contributed by atoms with Crippen LogP contribution in [0.5, 0.6) is 0 Å². The fraction of sp³-hybridized carbons (Fsp3) is 0.917. The van der Waals surface area contributed by atoms with E-state index in [1.165, 1.54) is 0 Å². The normalized spacial score (nSPS) is 15.8. The van der Waals surface area contributed by atoms with E-state index in [1.54, 1.807) is 13.8 Å². The van der Waals surface area contributed by atoms with E-state index in [9.17, 15) is 19.8 Å². The Bertz CT molecular complexity index is 487. The fourth-order valence-electron chi connectivity index (χ4n) is 2.48. The Balaban J connectivity index is 0. The first kappa shape index (κ1) is 33.0. The van der Waals surface area contributed by atoms with Gasteiger partial charge in [-0.25, -0.2) is 29.1 Å². The second-order valence-electron chi connectivity index (χ2n) is 10.1. The van der Waals surface area contributed by atoms with Crippen molar-refractivity contribution in [1.29, 1.82) is 0 Å².